The third-order valence-electron chi connectivity index (χ3n) is 1.56. The Morgan fingerprint density at radius 2 is 2.25 bits per heavy atom. The molecule has 1 heterocycles. The summed E-state index contributed by atoms with van der Waals surface area (Å²) in [5.74, 6) is 0.298. The molecule has 1 aromatic carbocycles. The van der Waals surface area contributed by atoms with Crippen LogP contribution in [0.4, 0.5) is 4.39 Å². The fraction of sp³-hybridized carbons (Fsp3) is 0. The molecule has 0 atom stereocenters. The van der Waals surface area contributed by atoms with Gasteiger partial charge < -0.3 is 4.42 Å². The van der Waals surface area contributed by atoms with Crippen LogP contribution >= 0.6 is 0 Å². The number of halogens is 1. The summed E-state index contributed by atoms with van der Waals surface area (Å²) in [5, 5.41) is 0. The van der Waals surface area contributed by atoms with Crippen molar-refractivity contribution in [2.75, 3.05) is 0 Å². The predicted octanol–water partition coefficient (Wildman–Crippen LogP) is 2.89. The molecule has 59 valence electrons. The Morgan fingerprint density at radius 3 is 2.92 bits per heavy atom. The lowest BCUT2D eigenvalue weighted by Gasteiger charge is -1.94. The highest BCUT2D eigenvalue weighted by Gasteiger charge is 2.00. The molecule has 1 nitrogen and oxygen atoms in total. The lowest BCUT2D eigenvalue weighted by molar-refractivity contribution is 0.579. The molecular formula is C10H6FO. The number of benzene rings is 1. The van der Waals surface area contributed by atoms with Gasteiger partial charge in [0.25, 0.3) is 0 Å². The quantitative estimate of drug-likeness (QED) is 0.626. The van der Waals surface area contributed by atoms with E-state index in [1.807, 2.05) is 0 Å². The highest BCUT2D eigenvalue weighted by atomic mass is 19.1. The third kappa shape index (κ3) is 1.23. The molecule has 0 saturated carbocycles. The van der Waals surface area contributed by atoms with E-state index in [1.54, 1.807) is 18.2 Å². The van der Waals surface area contributed by atoms with Crippen LogP contribution in [0.15, 0.2) is 41.0 Å². The second-order valence-electron chi connectivity index (χ2n) is 2.40. The van der Waals surface area contributed by atoms with Crippen molar-refractivity contribution in [3.8, 4) is 11.3 Å². The first-order valence-corrected chi connectivity index (χ1v) is 3.57. The topological polar surface area (TPSA) is 13.1 Å². The Bertz CT molecular complexity index is 365. The lowest BCUT2D eigenvalue weighted by Crippen LogP contribution is -1.75. The van der Waals surface area contributed by atoms with Crippen LogP contribution in [-0.4, -0.2) is 0 Å². The van der Waals surface area contributed by atoms with Crippen molar-refractivity contribution in [3.05, 3.63) is 48.5 Å². The maximum absolute atomic E-state index is 12.7. The zero-order valence-corrected chi connectivity index (χ0v) is 6.25. The van der Waals surface area contributed by atoms with Crippen LogP contribution in [0, 0.1) is 11.9 Å². The second kappa shape index (κ2) is 2.81. The average Bonchev–Trinajstić information content (AvgIpc) is 2.56. The molecule has 0 aliphatic rings. The number of rotatable bonds is 1. The van der Waals surface area contributed by atoms with E-state index in [2.05, 4.69) is 6.07 Å². The van der Waals surface area contributed by atoms with Gasteiger partial charge >= 0.3 is 0 Å². The molecule has 0 N–H and O–H groups in total. The van der Waals surface area contributed by atoms with Gasteiger partial charge in [-0.1, -0.05) is 12.1 Å². The van der Waals surface area contributed by atoms with Crippen molar-refractivity contribution in [1.82, 2.24) is 0 Å². The minimum Gasteiger partial charge on any atom is -0.464 e. The monoisotopic (exact) mass is 161 g/mol. The molecule has 1 aromatic heterocycles. The average molecular weight is 161 g/mol. The zero-order valence-electron chi connectivity index (χ0n) is 6.25. The molecular weight excluding hydrogens is 155 g/mol. The number of hydrogen-bond acceptors (Lipinski definition) is 1. The highest BCUT2D eigenvalue weighted by Crippen LogP contribution is 2.19. The fourth-order valence-electron chi connectivity index (χ4n) is 1.03. The Morgan fingerprint density at radius 1 is 1.33 bits per heavy atom. The highest BCUT2D eigenvalue weighted by molar-refractivity contribution is 5.56. The molecule has 1 radical (unpaired) electrons. The maximum Gasteiger partial charge on any atom is 0.141 e. The van der Waals surface area contributed by atoms with Crippen LogP contribution in [-0.2, 0) is 0 Å². The van der Waals surface area contributed by atoms with Gasteiger partial charge in [0.2, 0.25) is 0 Å². The van der Waals surface area contributed by atoms with E-state index in [1.165, 1.54) is 18.4 Å². The van der Waals surface area contributed by atoms with Gasteiger partial charge in [0.1, 0.15) is 11.6 Å². The first-order chi connectivity index (χ1) is 5.86. The molecule has 0 saturated heterocycles. The second-order valence-corrected chi connectivity index (χ2v) is 2.40. The standard InChI is InChI=1S/C10H6FO/c11-9-4-1-3-8(7-9)10-5-2-6-12-10/h1-4,6-7H. The van der Waals surface area contributed by atoms with Gasteiger partial charge in [0, 0.05) is 11.6 Å². The maximum atomic E-state index is 12.7. The summed E-state index contributed by atoms with van der Waals surface area (Å²) in [5.41, 5.74) is 0.708. The van der Waals surface area contributed by atoms with E-state index in [4.69, 9.17) is 4.42 Å². The number of hydrogen-bond donors (Lipinski definition) is 0. The summed E-state index contributed by atoms with van der Waals surface area (Å²) in [6.07, 6.45) is 1.51. The van der Waals surface area contributed by atoms with E-state index >= 15 is 0 Å². The van der Waals surface area contributed by atoms with Gasteiger partial charge in [0.15, 0.2) is 0 Å². The third-order valence-corrected chi connectivity index (χ3v) is 1.56. The fourth-order valence-corrected chi connectivity index (χ4v) is 1.03. The van der Waals surface area contributed by atoms with Crippen molar-refractivity contribution in [1.29, 1.82) is 0 Å². The van der Waals surface area contributed by atoms with E-state index in [0.29, 0.717) is 11.3 Å². The van der Waals surface area contributed by atoms with Crippen LogP contribution in [0.5, 0.6) is 0 Å². The number of furan rings is 1. The molecule has 2 aromatic rings. The van der Waals surface area contributed by atoms with E-state index in [0.717, 1.165) is 0 Å². The van der Waals surface area contributed by atoms with Gasteiger partial charge in [-0.05, 0) is 18.2 Å². The van der Waals surface area contributed by atoms with Crippen LogP contribution < -0.4 is 0 Å². The van der Waals surface area contributed by atoms with Gasteiger partial charge in [-0.15, -0.1) is 0 Å². The first kappa shape index (κ1) is 7.10. The minimum atomic E-state index is -0.266. The Kier molecular flexibility index (Phi) is 1.67. The Labute approximate surface area is 69.4 Å². The molecule has 0 aliphatic carbocycles. The summed E-state index contributed by atoms with van der Waals surface area (Å²) in [7, 11) is 0. The van der Waals surface area contributed by atoms with Crippen molar-refractivity contribution < 1.29 is 8.81 Å². The summed E-state index contributed by atoms with van der Waals surface area (Å²) < 4.78 is 17.8. The molecule has 2 heteroatoms. The summed E-state index contributed by atoms with van der Waals surface area (Å²) in [6, 6.07) is 10.7. The summed E-state index contributed by atoms with van der Waals surface area (Å²) in [6.45, 7) is 0. The molecule has 12 heavy (non-hydrogen) atoms. The largest absolute Gasteiger partial charge is 0.464 e. The molecule has 0 bridgehead atoms. The van der Waals surface area contributed by atoms with Gasteiger partial charge in [-0.2, -0.15) is 0 Å². The van der Waals surface area contributed by atoms with Crippen LogP contribution in [0.25, 0.3) is 11.3 Å². The van der Waals surface area contributed by atoms with E-state index in [9.17, 15) is 4.39 Å². The summed E-state index contributed by atoms with van der Waals surface area (Å²) >= 11 is 0. The van der Waals surface area contributed by atoms with E-state index < -0.39 is 0 Å². The van der Waals surface area contributed by atoms with Crippen molar-refractivity contribution >= 4 is 0 Å². The normalized spacial score (nSPS) is 10.1. The molecule has 0 amide bonds. The Balaban J connectivity index is 2.48. The first-order valence-electron chi connectivity index (χ1n) is 3.57. The van der Waals surface area contributed by atoms with E-state index in [-0.39, 0.29) is 5.82 Å². The summed E-state index contributed by atoms with van der Waals surface area (Å²) in [4.78, 5) is 0. The minimum absolute atomic E-state index is 0.266. The molecule has 2 rings (SSSR count). The lowest BCUT2D eigenvalue weighted by atomic mass is 10.2. The van der Waals surface area contributed by atoms with Gasteiger partial charge in [-0.25, -0.2) is 4.39 Å². The SMILES string of the molecule is Fc1cccc(-c2[c]cco2)c1. The molecule has 0 spiro atoms. The predicted molar refractivity (Wildman–Crippen MR) is 42.9 cm³/mol. The van der Waals surface area contributed by atoms with Crippen LogP contribution in [0.3, 0.4) is 0 Å². The van der Waals surface area contributed by atoms with Crippen molar-refractivity contribution in [2.45, 2.75) is 0 Å². The smallest absolute Gasteiger partial charge is 0.141 e. The molecule has 0 aliphatic heterocycles. The molecule has 0 unspecified atom stereocenters. The van der Waals surface area contributed by atoms with Crippen molar-refractivity contribution in [2.24, 2.45) is 0 Å². The van der Waals surface area contributed by atoms with Gasteiger partial charge in [-0.3, -0.25) is 0 Å². The zero-order chi connectivity index (χ0) is 8.39. The van der Waals surface area contributed by atoms with Gasteiger partial charge in [0.05, 0.1) is 6.26 Å². The molecule has 0 fully saturated rings. The van der Waals surface area contributed by atoms with Crippen LogP contribution in [0.1, 0.15) is 0 Å². The van der Waals surface area contributed by atoms with Crippen LogP contribution in [0.2, 0.25) is 0 Å². The Hall–Kier alpha value is -1.57. The van der Waals surface area contributed by atoms with Crippen molar-refractivity contribution in [3.63, 3.8) is 0 Å².